The summed E-state index contributed by atoms with van der Waals surface area (Å²) < 4.78 is 36.1. The summed E-state index contributed by atoms with van der Waals surface area (Å²) in [6, 6.07) is 7.80. The van der Waals surface area contributed by atoms with E-state index in [9.17, 15) is 17.6 Å². The predicted octanol–water partition coefficient (Wildman–Crippen LogP) is 2.47. The molecule has 0 aliphatic carbocycles. The van der Waals surface area contributed by atoms with Crippen LogP contribution < -0.4 is 0 Å². The van der Waals surface area contributed by atoms with Crippen molar-refractivity contribution in [2.75, 3.05) is 19.3 Å². The number of hydrogen-bond acceptors (Lipinski definition) is 3. The fourth-order valence-corrected chi connectivity index (χ4v) is 4.05. The van der Waals surface area contributed by atoms with E-state index >= 15 is 0 Å². The van der Waals surface area contributed by atoms with Crippen molar-refractivity contribution in [2.24, 2.45) is 0 Å². The summed E-state index contributed by atoms with van der Waals surface area (Å²) in [6.45, 7) is 0.864. The molecule has 128 valence electrons. The lowest BCUT2D eigenvalue weighted by atomic mass is 10.1. The Kier molecular flexibility index (Phi) is 4.45. The number of halogens is 1. The smallest absolute Gasteiger partial charge is 0.270 e. The molecule has 0 unspecified atom stereocenters. The number of sulfone groups is 1. The maximum atomic E-state index is 13.0. The van der Waals surface area contributed by atoms with Crippen molar-refractivity contribution in [1.82, 2.24) is 9.88 Å². The third-order valence-electron chi connectivity index (χ3n) is 4.43. The summed E-state index contributed by atoms with van der Waals surface area (Å²) in [5, 5.41) is -0.361. The van der Waals surface area contributed by atoms with Crippen LogP contribution in [-0.2, 0) is 9.84 Å². The molecule has 0 radical (unpaired) electrons. The van der Waals surface area contributed by atoms with Crippen LogP contribution in [0.25, 0.3) is 11.1 Å². The van der Waals surface area contributed by atoms with Gasteiger partial charge in [-0.15, -0.1) is 0 Å². The number of amides is 1. The largest absolute Gasteiger partial charge is 0.357 e. The van der Waals surface area contributed by atoms with Gasteiger partial charge in [0, 0.05) is 25.5 Å². The first-order valence-corrected chi connectivity index (χ1v) is 9.72. The lowest BCUT2D eigenvalue weighted by molar-refractivity contribution is 0.0720. The molecule has 2 aromatic rings. The van der Waals surface area contributed by atoms with Gasteiger partial charge >= 0.3 is 0 Å². The summed E-state index contributed by atoms with van der Waals surface area (Å²) in [4.78, 5) is 17.2. The second-order valence-corrected chi connectivity index (χ2v) is 8.46. The van der Waals surface area contributed by atoms with Gasteiger partial charge in [-0.25, -0.2) is 12.8 Å². The monoisotopic (exact) mass is 350 g/mol. The SMILES string of the molecule is CS(=O)(=O)C1CCN(C(=O)c2cc(-c3ccc(F)cc3)c[nH]2)CC1. The normalized spacial score (nSPS) is 16.3. The quantitative estimate of drug-likeness (QED) is 0.924. The highest BCUT2D eigenvalue weighted by atomic mass is 32.2. The van der Waals surface area contributed by atoms with Crippen molar-refractivity contribution in [1.29, 1.82) is 0 Å². The van der Waals surface area contributed by atoms with Crippen molar-refractivity contribution in [3.8, 4) is 11.1 Å². The molecule has 24 heavy (non-hydrogen) atoms. The molecular weight excluding hydrogens is 331 g/mol. The van der Waals surface area contributed by atoms with Crippen molar-refractivity contribution in [3.63, 3.8) is 0 Å². The average Bonchev–Trinajstić information content (AvgIpc) is 3.04. The first kappa shape index (κ1) is 16.7. The molecule has 1 N–H and O–H groups in total. The second-order valence-electron chi connectivity index (χ2n) is 6.13. The molecule has 2 heterocycles. The zero-order valence-electron chi connectivity index (χ0n) is 13.3. The molecule has 5 nitrogen and oxygen atoms in total. The number of nitrogens with one attached hydrogen (secondary N) is 1. The van der Waals surface area contributed by atoms with Crippen LogP contribution in [0.3, 0.4) is 0 Å². The zero-order valence-corrected chi connectivity index (χ0v) is 14.1. The fraction of sp³-hybridized carbons (Fsp3) is 0.353. The number of hydrogen-bond donors (Lipinski definition) is 1. The van der Waals surface area contributed by atoms with E-state index in [0.717, 1.165) is 11.1 Å². The number of carbonyl (C=O) groups excluding carboxylic acids is 1. The summed E-state index contributed by atoms with van der Waals surface area (Å²) in [5.74, 6) is -0.449. The molecule has 1 aromatic carbocycles. The molecule has 7 heteroatoms. The van der Waals surface area contributed by atoms with Gasteiger partial charge in [0.2, 0.25) is 0 Å². The number of nitrogens with zero attached hydrogens (tertiary/aromatic N) is 1. The first-order chi connectivity index (χ1) is 11.3. The van der Waals surface area contributed by atoms with Crippen LogP contribution in [0.15, 0.2) is 36.5 Å². The number of aromatic nitrogens is 1. The van der Waals surface area contributed by atoms with Gasteiger partial charge in [0.1, 0.15) is 21.3 Å². The van der Waals surface area contributed by atoms with Crippen molar-refractivity contribution >= 4 is 15.7 Å². The van der Waals surface area contributed by atoms with Crippen LogP contribution in [0.1, 0.15) is 23.3 Å². The van der Waals surface area contributed by atoms with Crippen LogP contribution in [-0.4, -0.2) is 48.8 Å². The molecular formula is C17H19FN2O3S. The molecule has 1 fully saturated rings. The Morgan fingerprint density at radius 1 is 1.17 bits per heavy atom. The van der Waals surface area contributed by atoms with E-state index in [0.29, 0.717) is 31.6 Å². The average molecular weight is 350 g/mol. The number of aromatic amines is 1. The summed E-state index contributed by atoms with van der Waals surface area (Å²) in [5.41, 5.74) is 2.08. The Labute approximate surface area is 140 Å². The highest BCUT2D eigenvalue weighted by Gasteiger charge is 2.29. The lowest BCUT2D eigenvalue weighted by Gasteiger charge is -2.30. The van der Waals surface area contributed by atoms with Gasteiger partial charge < -0.3 is 9.88 Å². The Bertz CT molecular complexity index is 835. The van der Waals surface area contributed by atoms with E-state index in [1.807, 2.05) is 0 Å². The lowest BCUT2D eigenvalue weighted by Crippen LogP contribution is -2.42. The number of H-pyrrole nitrogens is 1. The Morgan fingerprint density at radius 3 is 2.38 bits per heavy atom. The van der Waals surface area contributed by atoms with Gasteiger partial charge in [-0.3, -0.25) is 4.79 Å². The first-order valence-electron chi connectivity index (χ1n) is 7.77. The minimum atomic E-state index is -3.05. The van der Waals surface area contributed by atoms with Crippen LogP contribution >= 0.6 is 0 Å². The summed E-state index contributed by atoms with van der Waals surface area (Å²) in [6.07, 6.45) is 3.89. The van der Waals surface area contributed by atoms with Gasteiger partial charge in [-0.2, -0.15) is 0 Å². The van der Waals surface area contributed by atoms with Gasteiger partial charge in [-0.1, -0.05) is 12.1 Å². The van der Waals surface area contributed by atoms with E-state index in [-0.39, 0.29) is 17.0 Å². The Morgan fingerprint density at radius 2 is 1.79 bits per heavy atom. The van der Waals surface area contributed by atoms with E-state index in [4.69, 9.17) is 0 Å². The molecule has 0 spiro atoms. The summed E-state index contributed by atoms with van der Waals surface area (Å²) in [7, 11) is -3.05. The predicted molar refractivity (Wildman–Crippen MR) is 90.0 cm³/mol. The minimum absolute atomic E-state index is 0.143. The summed E-state index contributed by atoms with van der Waals surface area (Å²) >= 11 is 0. The number of benzene rings is 1. The maximum absolute atomic E-state index is 13.0. The number of rotatable bonds is 3. The van der Waals surface area contributed by atoms with E-state index in [1.54, 1.807) is 29.3 Å². The fourth-order valence-electron chi connectivity index (χ4n) is 2.98. The molecule has 1 aliphatic rings. The van der Waals surface area contributed by atoms with Crippen LogP contribution in [0.5, 0.6) is 0 Å². The minimum Gasteiger partial charge on any atom is -0.357 e. The van der Waals surface area contributed by atoms with Crippen LogP contribution in [0.2, 0.25) is 0 Å². The van der Waals surface area contributed by atoms with Crippen LogP contribution in [0.4, 0.5) is 4.39 Å². The number of carbonyl (C=O) groups is 1. The molecule has 1 aromatic heterocycles. The topological polar surface area (TPSA) is 70.2 Å². The third-order valence-corrected chi connectivity index (χ3v) is 6.11. The number of likely N-dealkylation sites (tertiary alicyclic amines) is 1. The highest BCUT2D eigenvalue weighted by Crippen LogP contribution is 2.23. The van der Waals surface area contributed by atoms with Gasteiger partial charge in [-0.05, 0) is 42.2 Å². The van der Waals surface area contributed by atoms with E-state index in [2.05, 4.69) is 4.98 Å². The molecule has 0 bridgehead atoms. The van der Waals surface area contributed by atoms with Crippen molar-refractivity contribution in [3.05, 3.63) is 48.0 Å². The zero-order chi connectivity index (χ0) is 17.3. The highest BCUT2D eigenvalue weighted by molar-refractivity contribution is 7.91. The van der Waals surface area contributed by atoms with Gasteiger partial charge in [0.15, 0.2) is 0 Å². The third kappa shape index (κ3) is 3.51. The molecule has 0 atom stereocenters. The van der Waals surface area contributed by atoms with Crippen LogP contribution in [0, 0.1) is 5.82 Å². The van der Waals surface area contributed by atoms with Gasteiger partial charge in [0.05, 0.1) is 5.25 Å². The molecule has 1 saturated heterocycles. The molecule has 1 amide bonds. The van der Waals surface area contributed by atoms with Crippen molar-refractivity contribution in [2.45, 2.75) is 18.1 Å². The molecule has 3 rings (SSSR count). The van der Waals surface area contributed by atoms with E-state index in [1.165, 1.54) is 18.4 Å². The molecule has 1 aliphatic heterocycles. The second kappa shape index (κ2) is 6.39. The molecule has 0 saturated carbocycles. The Hall–Kier alpha value is -2.15. The van der Waals surface area contributed by atoms with E-state index < -0.39 is 9.84 Å². The number of piperidine rings is 1. The Balaban J connectivity index is 1.70. The maximum Gasteiger partial charge on any atom is 0.270 e. The standard InChI is InChI=1S/C17H19FN2O3S/c1-24(22,23)15-6-8-20(9-7-15)17(21)16-10-13(11-19-16)12-2-4-14(18)5-3-12/h2-5,10-11,15,19H,6-9H2,1H3. The van der Waals surface area contributed by atoms with Crippen molar-refractivity contribution < 1.29 is 17.6 Å². The van der Waals surface area contributed by atoms with Gasteiger partial charge in [0.25, 0.3) is 5.91 Å².